The van der Waals surface area contributed by atoms with Crippen LogP contribution in [0.2, 0.25) is 0 Å². The van der Waals surface area contributed by atoms with Gasteiger partial charge >= 0.3 is 6.09 Å². The van der Waals surface area contributed by atoms with Crippen LogP contribution in [0, 0.1) is 0 Å². The second kappa shape index (κ2) is 10.8. The number of carbonyl (C=O) groups is 2. The Bertz CT molecular complexity index is 1930. The highest BCUT2D eigenvalue weighted by Crippen LogP contribution is 2.32. The van der Waals surface area contributed by atoms with Crippen molar-refractivity contribution < 1.29 is 27.5 Å². The average Bonchev–Trinajstić information content (AvgIpc) is 3.50. The van der Waals surface area contributed by atoms with Crippen molar-refractivity contribution in [3.05, 3.63) is 95.8 Å². The molecule has 0 unspecified atom stereocenters. The first-order chi connectivity index (χ1) is 19.8. The van der Waals surface area contributed by atoms with Gasteiger partial charge in [0.15, 0.2) is 0 Å². The third-order valence-corrected chi connectivity index (χ3v) is 8.45. The predicted molar refractivity (Wildman–Crippen MR) is 162 cm³/mol. The van der Waals surface area contributed by atoms with Crippen molar-refractivity contribution in [2.24, 2.45) is 0 Å². The SMILES string of the molecule is COc1ccc2c(c1)cc(C(=O)c1ccc3c(c1)c(CN(C)C)cn3C(=O)OC(C)(C)C)n2S(=O)(=O)c1ccccc1. The summed E-state index contributed by atoms with van der Waals surface area (Å²) in [7, 11) is 1.21. The Kier molecular flexibility index (Phi) is 7.46. The van der Waals surface area contributed by atoms with Crippen molar-refractivity contribution in [1.82, 2.24) is 13.4 Å². The first-order valence-electron chi connectivity index (χ1n) is 13.4. The van der Waals surface area contributed by atoms with Gasteiger partial charge in [0, 0.05) is 29.1 Å². The molecular weight excluding hydrogens is 554 g/mol. The van der Waals surface area contributed by atoms with E-state index in [2.05, 4.69) is 0 Å². The molecule has 0 spiro atoms. The summed E-state index contributed by atoms with van der Waals surface area (Å²) in [6.07, 6.45) is 1.19. The number of hydrogen-bond donors (Lipinski definition) is 0. The predicted octanol–water partition coefficient (Wildman–Crippen LogP) is 5.92. The Morgan fingerprint density at radius 1 is 0.905 bits per heavy atom. The smallest absolute Gasteiger partial charge is 0.419 e. The third kappa shape index (κ3) is 5.43. The zero-order valence-electron chi connectivity index (χ0n) is 24.4. The summed E-state index contributed by atoms with van der Waals surface area (Å²) in [5.41, 5.74) is 1.34. The molecule has 42 heavy (non-hydrogen) atoms. The Morgan fingerprint density at radius 3 is 2.24 bits per heavy atom. The van der Waals surface area contributed by atoms with E-state index in [4.69, 9.17) is 9.47 Å². The quantitative estimate of drug-likeness (QED) is 0.218. The second-order valence-electron chi connectivity index (χ2n) is 11.3. The molecule has 0 amide bonds. The van der Waals surface area contributed by atoms with E-state index < -0.39 is 27.5 Å². The minimum atomic E-state index is -4.13. The Labute approximate surface area is 244 Å². The largest absolute Gasteiger partial charge is 0.497 e. The summed E-state index contributed by atoms with van der Waals surface area (Å²) in [6, 6.07) is 19.5. The van der Waals surface area contributed by atoms with E-state index in [1.54, 1.807) is 87.6 Å². The number of carbonyl (C=O) groups excluding carboxylic acids is 2. The average molecular weight is 588 g/mol. The normalized spacial score (nSPS) is 12.3. The molecular formula is C32H33N3O6S. The molecule has 0 saturated carbocycles. The lowest BCUT2D eigenvalue weighted by Crippen LogP contribution is -2.26. The standard InChI is InChI=1S/C32H33N3O6S/c1-32(2,3)41-31(37)34-20-23(19-33(4)5)26-17-21(12-14-28(26)34)30(36)29-18-22-16-24(40-6)13-15-27(22)35(29)42(38,39)25-10-8-7-9-11-25/h7-18,20H,19H2,1-6H3. The molecule has 0 N–H and O–H groups in total. The van der Waals surface area contributed by atoms with Crippen molar-refractivity contribution in [3.63, 3.8) is 0 Å². The Hall–Kier alpha value is -4.41. The molecule has 3 aromatic carbocycles. The van der Waals surface area contributed by atoms with Crippen molar-refractivity contribution in [2.75, 3.05) is 21.2 Å². The molecule has 2 heterocycles. The first-order valence-corrected chi connectivity index (χ1v) is 14.8. The molecule has 0 aliphatic rings. The van der Waals surface area contributed by atoms with Crippen LogP contribution in [-0.4, -0.2) is 60.5 Å². The molecule has 0 aliphatic heterocycles. The van der Waals surface area contributed by atoms with Gasteiger partial charge in [-0.3, -0.25) is 9.36 Å². The number of ketones is 1. The van der Waals surface area contributed by atoms with Crippen molar-refractivity contribution >= 4 is 43.7 Å². The zero-order valence-corrected chi connectivity index (χ0v) is 25.2. The van der Waals surface area contributed by atoms with E-state index in [9.17, 15) is 18.0 Å². The van der Waals surface area contributed by atoms with Gasteiger partial charge in [0.2, 0.25) is 5.78 Å². The Morgan fingerprint density at radius 2 is 1.60 bits per heavy atom. The topological polar surface area (TPSA) is 99.8 Å². The number of rotatable bonds is 7. The third-order valence-electron chi connectivity index (χ3n) is 6.70. The zero-order chi connectivity index (χ0) is 30.4. The molecule has 10 heteroatoms. The number of methoxy groups -OCH3 is 1. The van der Waals surface area contributed by atoms with Crippen LogP contribution in [0.4, 0.5) is 4.79 Å². The molecule has 2 aromatic heterocycles. The van der Waals surface area contributed by atoms with Gasteiger partial charge < -0.3 is 14.4 Å². The highest BCUT2D eigenvalue weighted by atomic mass is 32.2. The van der Waals surface area contributed by atoms with Gasteiger partial charge in [0.05, 0.1) is 23.0 Å². The van der Waals surface area contributed by atoms with Crippen molar-refractivity contribution in [2.45, 2.75) is 37.8 Å². The van der Waals surface area contributed by atoms with Crippen LogP contribution in [0.5, 0.6) is 5.75 Å². The number of hydrogen-bond acceptors (Lipinski definition) is 7. The number of fused-ring (bicyclic) bond motifs is 2. The van der Waals surface area contributed by atoms with Gasteiger partial charge in [0.25, 0.3) is 10.0 Å². The number of aromatic nitrogens is 2. The number of ether oxygens (including phenoxy) is 2. The number of nitrogens with zero attached hydrogens (tertiary/aromatic N) is 3. The highest BCUT2D eigenvalue weighted by Gasteiger charge is 2.28. The monoisotopic (exact) mass is 587 g/mol. The molecule has 5 aromatic rings. The van der Waals surface area contributed by atoms with Crippen LogP contribution in [0.3, 0.4) is 0 Å². The van der Waals surface area contributed by atoms with Gasteiger partial charge in [-0.25, -0.2) is 17.2 Å². The van der Waals surface area contributed by atoms with Crippen LogP contribution < -0.4 is 4.74 Å². The minimum Gasteiger partial charge on any atom is -0.497 e. The summed E-state index contributed by atoms with van der Waals surface area (Å²) in [6.45, 7) is 5.90. The minimum absolute atomic E-state index is 0.0119. The lowest BCUT2D eigenvalue weighted by molar-refractivity contribution is 0.0544. The van der Waals surface area contributed by atoms with Gasteiger partial charge in [-0.1, -0.05) is 18.2 Å². The molecule has 0 fully saturated rings. The summed E-state index contributed by atoms with van der Waals surface area (Å²) in [5, 5.41) is 1.23. The van der Waals surface area contributed by atoms with E-state index in [0.717, 1.165) is 9.54 Å². The maximum absolute atomic E-state index is 14.1. The van der Waals surface area contributed by atoms with Gasteiger partial charge in [-0.15, -0.1) is 0 Å². The van der Waals surface area contributed by atoms with Crippen LogP contribution in [0.15, 0.2) is 83.9 Å². The highest BCUT2D eigenvalue weighted by molar-refractivity contribution is 7.90. The lowest BCUT2D eigenvalue weighted by atomic mass is 10.0. The van der Waals surface area contributed by atoms with Crippen LogP contribution in [0.1, 0.15) is 42.4 Å². The maximum Gasteiger partial charge on any atom is 0.419 e. The number of benzene rings is 3. The first kappa shape index (κ1) is 29.1. The fourth-order valence-corrected chi connectivity index (χ4v) is 6.46. The van der Waals surface area contributed by atoms with E-state index >= 15 is 0 Å². The molecule has 218 valence electrons. The van der Waals surface area contributed by atoms with E-state index in [1.165, 1.54) is 23.8 Å². The second-order valence-corrected chi connectivity index (χ2v) is 13.1. The van der Waals surface area contributed by atoms with Crippen LogP contribution in [0.25, 0.3) is 21.8 Å². The molecule has 5 rings (SSSR count). The molecule has 0 aliphatic carbocycles. The van der Waals surface area contributed by atoms with Crippen LogP contribution >= 0.6 is 0 Å². The molecule has 0 atom stereocenters. The summed E-state index contributed by atoms with van der Waals surface area (Å²) >= 11 is 0. The molecule has 0 bridgehead atoms. The van der Waals surface area contributed by atoms with E-state index in [-0.39, 0.29) is 16.2 Å². The van der Waals surface area contributed by atoms with Gasteiger partial charge in [-0.2, -0.15) is 0 Å². The van der Waals surface area contributed by atoms with E-state index in [0.29, 0.717) is 34.1 Å². The van der Waals surface area contributed by atoms with Crippen molar-refractivity contribution in [1.29, 1.82) is 0 Å². The Balaban J connectivity index is 1.69. The van der Waals surface area contributed by atoms with Gasteiger partial charge in [0.1, 0.15) is 17.0 Å². The fourth-order valence-electron chi connectivity index (χ4n) is 4.93. The summed E-state index contributed by atoms with van der Waals surface area (Å²) in [5.74, 6) is 0.0568. The molecule has 9 nitrogen and oxygen atoms in total. The van der Waals surface area contributed by atoms with E-state index in [1.807, 2.05) is 19.0 Å². The fraction of sp³-hybridized carbons (Fsp3) is 0.250. The summed E-state index contributed by atoms with van der Waals surface area (Å²) in [4.78, 5) is 29.2. The maximum atomic E-state index is 14.1. The lowest BCUT2D eigenvalue weighted by Gasteiger charge is -2.19. The molecule has 0 radical (unpaired) electrons. The van der Waals surface area contributed by atoms with Crippen LogP contribution in [-0.2, 0) is 21.3 Å². The molecule has 0 saturated heterocycles. The summed E-state index contributed by atoms with van der Waals surface area (Å²) < 4.78 is 41.3. The van der Waals surface area contributed by atoms with Gasteiger partial charge in [-0.05, 0) is 95.0 Å². The van der Waals surface area contributed by atoms with Crippen molar-refractivity contribution in [3.8, 4) is 5.75 Å².